The molecule has 0 saturated carbocycles. The summed E-state index contributed by atoms with van der Waals surface area (Å²) in [5, 5.41) is 0. The molecule has 0 bridgehead atoms. The predicted molar refractivity (Wildman–Crippen MR) is 74.5 cm³/mol. The minimum absolute atomic E-state index is 0.306. The Labute approximate surface area is 114 Å². The van der Waals surface area contributed by atoms with Crippen molar-refractivity contribution in [2.75, 3.05) is 26.3 Å². The number of benzene rings is 1. The minimum atomic E-state index is 0.306. The summed E-state index contributed by atoms with van der Waals surface area (Å²) in [6.07, 6.45) is 1.14. The quantitative estimate of drug-likeness (QED) is 0.880. The molecule has 19 heavy (non-hydrogen) atoms. The van der Waals surface area contributed by atoms with Crippen LogP contribution in [0.25, 0.3) is 0 Å². The van der Waals surface area contributed by atoms with E-state index in [0.717, 1.165) is 37.6 Å². The van der Waals surface area contributed by atoms with E-state index in [4.69, 9.17) is 15.2 Å². The lowest BCUT2D eigenvalue weighted by Crippen LogP contribution is -2.45. The Kier molecular flexibility index (Phi) is 3.62. The van der Waals surface area contributed by atoms with Crippen LogP contribution in [0.1, 0.15) is 18.9 Å². The van der Waals surface area contributed by atoms with E-state index in [1.165, 1.54) is 5.56 Å². The number of rotatable bonds is 2. The number of ether oxygens (including phenoxy) is 2. The van der Waals surface area contributed by atoms with Crippen LogP contribution in [0.4, 0.5) is 0 Å². The minimum Gasteiger partial charge on any atom is -0.486 e. The molecule has 2 N–H and O–H groups in total. The van der Waals surface area contributed by atoms with Gasteiger partial charge in [0.25, 0.3) is 0 Å². The van der Waals surface area contributed by atoms with Crippen LogP contribution in [0.3, 0.4) is 0 Å². The molecule has 2 aliphatic heterocycles. The average Bonchev–Trinajstić information content (AvgIpc) is 2.37. The summed E-state index contributed by atoms with van der Waals surface area (Å²) in [4.78, 5) is 2.43. The highest BCUT2D eigenvalue weighted by Gasteiger charge is 2.22. The Bertz CT molecular complexity index is 440. The molecule has 104 valence electrons. The molecular weight excluding hydrogens is 240 g/mol. The van der Waals surface area contributed by atoms with Gasteiger partial charge in [-0.1, -0.05) is 13.0 Å². The molecule has 0 aliphatic carbocycles. The third-order valence-corrected chi connectivity index (χ3v) is 3.78. The lowest BCUT2D eigenvalue weighted by molar-refractivity contribution is 0.156. The van der Waals surface area contributed by atoms with Gasteiger partial charge in [-0.05, 0) is 30.0 Å². The van der Waals surface area contributed by atoms with Gasteiger partial charge in [0.05, 0.1) is 0 Å². The molecular formula is C15H22N2O2. The van der Waals surface area contributed by atoms with Crippen molar-refractivity contribution in [1.29, 1.82) is 0 Å². The largest absolute Gasteiger partial charge is 0.486 e. The highest BCUT2D eigenvalue weighted by atomic mass is 16.6. The lowest BCUT2D eigenvalue weighted by atomic mass is 9.96. The maximum atomic E-state index is 6.09. The van der Waals surface area contributed by atoms with E-state index in [-0.39, 0.29) is 0 Å². The van der Waals surface area contributed by atoms with Crippen LogP contribution in [-0.4, -0.2) is 37.2 Å². The van der Waals surface area contributed by atoms with Crippen LogP contribution >= 0.6 is 0 Å². The van der Waals surface area contributed by atoms with E-state index >= 15 is 0 Å². The average molecular weight is 262 g/mol. The van der Waals surface area contributed by atoms with Gasteiger partial charge in [-0.2, -0.15) is 0 Å². The highest BCUT2D eigenvalue weighted by molar-refractivity contribution is 5.43. The molecule has 0 spiro atoms. The Morgan fingerprint density at radius 1 is 1.21 bits per heavy atom. The first-order chi connectivity index (χ1) is 9.20. The standard InChI is InChI=1S/C15H22N2O2/c1-11-6-13(16)10-17(8-11)9-12-2-3-14-15(7-12)19-5-4-18-14/h2-3,7,11,13H,4-6,8-10,16H2,1H3. The third kappa shape index (κ3) is 3.01. The van der Waals surface area contributed by atoms with Crippen molar-refractivity contribution in [2.45, 2.75) is 25.9 Å². The highest BCUT2D eigenvalue weighted by Crippen LogP contribution is 2.31. The normalized spacial score (nSPS) is 27.3. The van der Waals surface area contributed by atoms with Gasteiger partial charge in [0, 0.05) is 25.7 Å². The zero-order valence-corrected chi connectivity index (χ0v) is 11.5. The van der Waals surface area contributed by atoms with Crippen molar-refractivity contribution in [3.8, 4) is 11.5 Å². The number of piperidine rings is 1. The fraction of sp³-hybridized carbons (Fsp3) is 0.600. The van der Waals surface area contributed by atoms with E-state index < -0.39 is 0 Å². The van der Waals surface area contributed by atoms with E-state index in [9.17, 15) is 0 Å². The molecule has 2 aliphatic rings. The van der Waals surface area contributed by atoms with E-state index in [0.29, 0.717) is 25.2 Å². The number of nitrogens with zero attached hydrogens (tertiary/aromatic N) is 1. The van der Waals surface area contributed by atoms with Crippen molar-refractivity contribution in [3.63, 3.8) is 0 Å². The summed E-state index contributed by atoms with van der Waals surface area (Å²) in [7, 11) is 0. The second-order valence-electron chi connectivity index (χ2n) is 5.77. The molecule has 1 aromatic rings. The van der Waals surface area contributed by atoms with E-state index in [1.807, 2.05) is 6.07 Å². The molecule has 4 nitrogen and oxygen atoms in total. The van der Waals surface area contributed by atoms with Gasteiger partial charge in [-0.15, -0.1) is 0 Å². The number of hydrogen-bond donors (Lipinski definition) is 1. The molecule has 1 fully saturated rings. The molecule has 0 aromatic heterocycles. The Balaban J connectivity index is 1.69. The van der Waals surface area contributed by atoms with Crippen molar-refractivity contribution < 1.29 is 9.47 Å². The topological polar surface area (TPSA) is 47.7 Å². The van der Waals surface area contributed by atoms with Crippen LogP contribution in [0, 0.1) is 5.92 Å². The number of fused-ring (bicyclic) bond motifs is 1. The third-order valence-electron chi connectivity index (χ3n) is 3.78. The van der Waals surface area contributed by atoms with Gasteiger partial charge in [-0.25, -0.2) is 0 Å². The van der Waals surface area contributed by atoms with Crippen molar-refractivity contribution in [1.82, 2.24) is 4.90 Å². The zero-order valence-electron chi connectivity index (χ0n) is 11.5. The molecule has 0 radical (unpaired) electrons. The summed E-state index contributed by atoms with van der Waals surface area (Å²) < 4.78 is 11.2. The Morgan fingerprint density at radius 2 is 2.00 bits per heavy atom. The Hall–Kier alpha value is -1.26. The van der Waals surface area contributed by atoms with Crippen LogP contribution in [0.2, 0.25) is 0 Å². The van der Waals surface area contributed by atoms with Crippen LogP contribution in [0.5, 0.6) is 11.5 Å². The van der Waals surface area contributed by atoms with Crippen LogP contribution in [-0.2, 0) is 6.54 Å². The van der Waals surface area contributed by atoms with Crippen molar-refractivity contribution in [2.24, 2.45) is 11.7 Å². The van der Waals surface area contributed by atoms with Gasteiger partial charge in [0.2, 0.25) is 0 Å². The molecule has 2 unspecified atom stereocenters. The smallest absolute Gasteiger partial charge is 0.161 e. The molecule has 1 saturated heterocycles. The second-order valence-corrected chi connectivity index (χ2v) is 5.77. The monoisotopic (exact) mass is 262 g/mol. The van der Waals surface area contributed by atoms with Gasteiger partial charge in [0.1, 0.15) is 13.2 Å². The van der Waals surface area contributed by atoms with Gasteiger partial charge >= 0.3 is 0 Å². The molecule has 2 heterocycles. The molecule has 0 amide bonds. The van der Waals surface area contributed by atoms with Crippen LogP contribution < -0.4 is 15.2 Å². The Morgan fingerprint density at radius 3 is 2.79 bits per heavy atom. The van der Waals surface area contributed by atoms with E-state index in [2.05, 4.69) is 24.0 Å². The number of nitrogens with two attached hydrogens (primary N) is 1. The lowest BCUT2D eigenvalue weighted by Gasteiger charge is -2.34. The predicted octanol–water partition coefficient (Wildman–Crippen LogP) is 1.63. The maximum Gasteiger partial charge on any atom is 0.161 e. The number of hydrogen-bond acceptors (Lipinski definition) is 4. The SMILES string of the molecule is CC1CC(N)CN(Cc2ccc3c(c2)OCCO3)C1. The number of likely N-dealkylation sites (tertiary alicyclic amines) is 1. The first-order valence-corrected chi connectivity index (χ1v) is 7.07. The second kappa shape index (κ2) is 5.39. The first-order valence-electron chi connectivity index (χ1n) is 7.07. The summed E-state index contributed by atoms with van der Waals surface area (Å²) in [5.41, 5.74) is 7.36. The fourth-order valence-corrected chi connectivity index (χ4v) is 3.09. The summed E-state index contributed by atoms with van der Waals surface area (Å²) >= 11 is 0. The van der Waals surface area contributed by atoms with Gasteiger partial charge < -0.3 is 15.2 Å². The van der Waals surface area contributed by atoms with E-state index in [1.54, 1.807) is 0 Å². The fourth-order valence-electron chi connectivity index (χ4n) is 3.09. The van der Waals surface area contributed by atoms with Crippen LogP contribution in [0.15, 0.2) is 18.2 Å². The van der Waals surface area contributed by atoms with Gasteiger partial charge in [-0.3, -0.25) is 4.90 Å². The van der Waals surface area contributed by atoms with Gasteiger partial charge in [0.15, 0.2) is 11.5 Å². The zero-order chi connectivity index (χ0) is 13.2. The summed E-state index contributed by atoms with van der Waals surface area (Å²) in [5.74, 6) is 2.41. The molecule has 2 atom stereocenters. The molecule has 3 rings (SSSR count). The molecule has 4 heteroatoms. The van der Waals surface area contributed by atoms with Crippen molar-refractivity contribution >= 4 is 0 Å². The summed E-state index contributed by atoms with van der Waals surface area (Å²) in [6.45, 7) is 6.61. The summed E-state index contributed by atoms with van der Waals surface area (Å²) in [6, 6.07) is 6.54. The first kappa shape index (κ1) is 12.8. The molecule has 1 aromatic carbocycles. The maximum absolute atomic E-state index is 6.09. The van der Waals surface area contributed by atoms with Crippen molar-refractivity contribution in [3.05, 3.63) is 23.8 Å².